The molecule has 0 saturated carbocycles. The summed E-state index contributed by atoms with van der Waals surface area (Å²) in [6.45, 7) is 7.92. The van der Waals surface area contributed by atoms with Crippen LogP contribution in [0.25, 0.3) is 0 Å². The van der Waals surface area contributed by atoms with Crippen LogP contribution in [0.3, 0.4) is 0 Å². The van der Waals surface area contributed by atoms with Crippen LogP contribution in [0.15, 0.2) is 12.4 Å². The van der Waals surface area contributed by atoms with E-state index in [0.717, 1.165) is 13.1 Å². The molecule has 14 heavy (non-hydrogen) atoms. The van der Waals surface area contributed by atoms with E-state index < -0.39 is 0 Å². The average Bonchev–Trinajstić information content (AvgIpc) is 2.59. The molecule has 0 N–H and O–H groups in total. The maximum Gasteiger partial charge on any atom is 0.271 e. The number of fused-ring (bicyclic) bond motifs is 1. The van der Waals surface area contributed by atoms with Crippen molar-refractivity contribution in [2.24, 2.45) is 0 Å². The third-order valence-corrected chi connectivity index (χ3v) is 3.24. The molecule has 2 heterocycles. The van der Waals surface area contributed by atoms with Crippen LogP contribution in [-0.2, 0) is 13.1 Å². The molecule has 1 aliphatic heterocycles. The van der Waals surface area contributed by atoms with Crippen molar-refractivity contribution >= 4 is 0 Å². The van der Waals surface area contributed by atoms with Gasteiger partial charge in [-0.05, 0) is 20.4 Å². The van der Waals surface area contributed by atoms with Gasteiger partial charge in [-0.25, -0.2) is 9.13 Å². The largest absolute Gasteiger partial charge is 0.291 e. The van der Waals surface area contributed by atoms with Crippen LogP contribution in [0.4, 0.5) is 0 Å². The lowest BCUT2D eigenvalue weighted by Crippen LogP contribution is -2.48. The Morgan fingerprint density at radius 2 is 2.36 bits per heavy atom. The Morgan fingerprint density at radius 3 is 3.07 bits per heavy atom. The van der Waals surface area contributed by atoms with Crippen molar-refractivity contribution in [1.82, 2.24) is 9.47 Å². The third-order valence-electron chi connectivity index (χ3n) is 3.24. The molecule has 0 aliphatic carbocycles. The highest BCUT2D eigenvalue weighted by Gasteiger charge is 2.25. The first-order valence-electron chi connectivity index (χ1n) is 5.50. The Morgan fingerprint density at radius 1 is 1.57 bits per heavy atom. The molecule has 0 saturated heterocycles. The topological polar surface area (TPSA) is 12.0 Å². The SMILES string of the molecule is CCC(C)n1cc[n+]2c1CN(C)CC2. The van der Waals surface area contributed by atoms with Crippen LogP contribution in [-0.4, -0.2) is 23.1 Å². The Labute approximate surface area is 86.0 Å². The second-order valence-corrected chi connectivity index (χ2v) is 4.31. The lowest BCUT2D eigenvalue weighted by atomic mass is 10.2. The van der Waals surface area contributed by atoms with Gasteiger partial charge in [-0.1, -0.05) is 6.92 Å². The Hall–Kier alpha value is -0.830. The van der Waals surface area contributed by atoms with Crippen LogP contribution in [0.1, 0.15) is 32.1 Å². The highest BCUT2D eigenvalue weighted by atomic mass is 15.3. The molecular formula is C11H20N3+. The number of aromatic nitrogens is 2. The molecule has 0 amide bonds. The average molecular weight is 194 g/mol. The van der Waals surface area contributed by atoms with E-state index >= 15 is 0 Å². The summed E-state index contributed by atoms with van der Waals surface area (Å²) in [6, 6.07) is 0.623. The fourth-order valence-corrected chi connectivity index (χ4v) is 2.05. The maximum absolute atomic E-state index is 2.41. The highest BCUT2D eigenvalue weighted by Crippen LogP contribution is 2.14. The minimum atomic E-state index is 0.623. The van der Waals surface area contributed by atoms with E-state index in [1.165, 1.54) is 18.8 Å². The van der Waals surface area contributed by atoms with E-state index in [-0.39, 0.29) is 0 Å². The first-order valence-corrected chi connectivity index (χ1v) is 5.50. The van der Waals surface area contributed by atoms with Crippen molar-refractivity contribution in [1.29, 1.82) is 0 Å². The molecule has 1 unspecified atom stereocenters. The molecule has 0 bridgehead atoms. The standard InChI is InChI=1S/C11H20N3/c1-4-10(2)14-8-7-13-6-5-12(3)9-11(13)14/h7-8,10H,4-6,9H2,1-3H3/q+1. The van der Waals surface area contributed by atoms with E-state index in [1.54, 1.807) is 0 Å². The van der Waals surface area contributed by atoms with E-state index in [4.69, 9.17) is 0 Å². The van der Waals surface area contributed by atoms with Crippen molar-refractivity contribution in [3.05, 3.63) is 18.2 Å². The molecule has 0 spiro atoms. The number of imidazole rings is 1. The molecule has 0 fully saturated rings. The number of rotatable bonds is 2. The second kappa shape index (κ2) is 3.73. The van der Waals surface area contributed by atoms with Crippen molar-refractivity contribution in [2.45, 2.75) is 39.4 Å². The Balaban J connectivity index is 2.30. The lowest BCUT2D eigenvalue weighted by Gasteiger charge is -2.21. The van der Waals surface area contributed by atoms with Crippen molar-refractivity contribution in [3.8, 4) is 0 Å². The van der Waals surface area contributed by atoms with E-state index in [1.807, 2.05) is 0 Å². The number of likely N-dealkylation sites (N-methyl/N-ethyl adjacent to an activating group) is 1. The summed E-state index contributed by atoms with van der Waals surface area (Å²) in [5, 5.41) is 0. The molecule has 3 heteroatoms. The molecule has 0 radical (unpaired) electrons. The van der Waals surface area contributed by atoms with Gasteiger partial charge in [0.25, 0.3) is 5.82 Å². The Bertz CT molecular complexity index is 316. The van der Waals surface area contributed by atoms with Crippen molar-refractivity contribution in [2.75, 3.05) is 13.6 Å². The molecule has 1 aliphatic rings. The maximum atomic E-state index is 2.41. The van der Waals surface area contributed by atoms with Crippen LogP contribution < -0.4 is 4.57 Å². The second-order valence-electron chi connectivity index (χ2n) is 4.31. The fraction of sp³-hybridized carbons (Fsp3) is 0.727. The van der Waals surface area contributed by atoms with Gasteiger partial charge in [0.1, 0.15) is 25.5 Å². The fourth-order valence-electron chi connectivity index (χ4n) is 2.05. The van der Waals surface area contributed by atoms with Gasteiger partial charge in [-0.2, -0.15) is 0 Å². The smallest absolute Gasteiger partial charge is 0.271 e. The van der Waals surface area contributed by atoms with Crippen LogP contribution in [0.2, 0.25) is 0 Å². The Kier molecular flexibility index (Phi) is 2.59. The van der Waals surface area contributed by atoms with Gasteiger partial charge in [0, 0.05) is 6.54 Å². The summed E-state index contributed by atoms with van der Waals surface area (Å²) in [6.07, 6.45) is 5.64. The van der Waals surface area contributed by atoms with Gasteiger partial charge >= 0.3 is 0 Å². The minimum absolute atomic E-state index is 0.623. The molecule has 1 aromatic rings. The highest BCUT2D eigenvalue weighted by molar-refractivity contribution is 4.88. The first kappa shape index (κ1) is 9.71. The van der Waals surface area contributed by atoms with Gasteiger partial charge in [0.2, 0.25) is 0 Å². The van der Waals surface area contributed by atoms with Gasteiger partial charge in [-0.15, -0.1) is 0 Å². The molecule has 3 nitrogen and oxygen atoms in total. The number of nitrogens with zero attached hydrogens (tertiary/aromatic N) is 3. The van der Waals surface area contributed by atoms with E-state index in [9.17, 15) is 0 Å². The zero-order chi connectivity index (χ0) is 10.1. The minimum Gasteiger partial charge on any atom is -0.291 e. The van der Waals surface area contributed by atoms with Gasteiger partial charge in [0.05, 0.1) is 6.04 Å². The lowest BCUT2D eigenvalue weighted by molar-refractivity contribution is -0.711. The first-order chi connectivity index (χ1) is 6.72. The molecule has 2 rings (SSSR count). The molecule has 0 aromatic carbocycles. The summed E-state index contributed by atoms with van der Waals surface area (Å²) in [5.74, 6) is 1.45. The van der Waals surface area contributed by atoms with E-state index in [2.05, 4.69) is 47.3 Å². The summed E-state index contributed by atoms with van der Waals surface area (Å²) < 4.78 is 4.79. The van der Waals surface area contributed by atoms with Crippen LogP contribution in [0.5, 0.6) is 0 Å². The molecular weight excluding hydrogens is 174 g/mol. The molecule has 78 valence electrons. The van der Waals surface area contributed by atoms with Gasteiger partial charge in [0.15, 0.2) is 0 Å². The zero-order valence-electron chi connectivity index (χ0n) is 9.40. The van der Waals surface area contributed by atoms with Crippen LogP contribution in [0, 0.1) is 0 Å². The zero-order valence-corrected chi connectivity index (χ0v) is 9.40. The van der Waals surface area contributed by atoms with Crippen LogP contribution >= 0.6 is 0 Å². The molecule has 1 aromatic heterocycles. The van der Waals surface area contributed by atoms with Crippen molar-refractivity contribution < 1.29 is 4.57 Å². The van der Waals surface area contributed by atoms with Gasteiger partial charge in [-0.3, -0.25) is 4.90 Å². The number of hydrogen-bond acceptors (Lipinski definition) is 1. The monoisotopic (exact) mass is 194 g/mol. The summed E-state index contributed by atoms with van der Waals surface area (Å²) >= 11 is 0. The predicted octanol–water partition coefficient (Wildman–Crippen LogP) is 1.19. The number of hydrogen-bond donors (Lipinski definition) is 0. The van der Waals surface area contributed by atoms with E-state index in [0.29, 0.717) is 6.04 Å². The third kappa shape index (κ3) is 1.57. The molecule has 1 atom stereocenters. The van der Waals surface area contributed by atoms with Crippen molar-refractivity contribution in [3.63, 3.8) is 0 Å². The summed E-state index contributed by atoms with van der Waals surface area (Å²) in [4.78, 5) is 2.38. The summed E-state index contributed by atoms with van der Waals surface area (Å²) in [5.41, 5.74) is 0. The van der Waals surface area contributed by atoms with Gasteiger partial charge < -0.3 is 0 Å². The quantitative estimate of drug-likeness (QED) is 0.644. The summed E-state index contributed by atoms with van der Waals surface area (Å²) in [7, 11) is 2.19. The normalized spacial score (nSPS) is 19.4. The predicted molar refractivity (Wildman–Crippen MR) is 56.0 cm³/mol.